The number of hydrogen-bond donors (Lipinski definition) is 3. The maximum atomic E-state index is 5.29. The monoisotopic (exact) mass is 340 g/mol. The van der Waals surface area contributed by atoms with E-state index in [4.69, 9.17) is 15.3 Å². The molecule has 0 unspecified atom stereocenters. The van der Waals surface area contributed by atoms with E-state index in [9.17, 15) is 0 Å². The minimum absolute atomic E-state index is 0.150. The number of rotatable bonds is 5. The van der Waals surface area contributed by atoms with Crippen LogP contribution in [0.4, 0.5) is 17.6 Å². The van der Waals surface area contributed by atoms with Crippen LogP contribution in [0.25, 0.3) is 0 Å². The van der Waals surface area contributed by atoms with Gasteiger partial charge in [-0.15, -0.1) is 0 Å². The molecule has 2 aromatic rings. The summed E-state index contributed by atoms with van der Waals surface area (Å²) in [5, 5.41) is 3.02. The zero-order valence-corrected chi connectivity index (χ0v) is 12.4. The summed E-state index contributed by atoms with van der Waals surface area (Å²) >= 11 is 3.39. The summed E-state index contributed by atoms with van der Waals surface area (Å²) in [5.74, 6) is 6.48. The SMILES string of the molecule is COc1cc(Br)cc(Nc2nc(NN)nc(OC)n2)c1. The van der Waals surface area contributed by atoms with Crippen LogP contribution in [-0.4, -0.2) is 29.2 Å². The molecule has 0 spiro atoms. The number of anilines is 3. The molecule has 8 nitrogen and oxygen atoms in total. The maximum absolute atomic E-state index is 5.29. The minimum Gasteiger partial charge on any atom is -0.497 e. The molecule has 0 atom stereocenters. The molecule has 0 amide bonds. The number of nitrogens with two attached hydrogens (primary N) is 1. The summed E-state index contributed by atoms with van der Waals surface area (Å²) in [6.45, 7) is 0. The molecule has 1 aromatic heterocycles. The molecule has 0 saturated heterocycles. The number of nitrogens with zero attached hydrogens (tertiary/aromatic N) is 3. The van der Waals surface area contributed by atoms with Gasteiger partial charge in [-0.1, -0.05) is 15.9 Å². The highest BCUT2D eigenvalue weighted by molar-refractivity contribution is 9.10. The second-order valence-corrected chi connectivity index (χ2v) is 4.53. The van der Waals surface area contributed by atoms with Gasteiger partial charge in [0.15, 0.2) is 0 Å². The third-order valence-corrected chi connectivity index (χ3v) is 2.75. The summed E-state index contributed by atoms with van der Waals surface area (Å²) in [6.07, 6.45) is 0. The molecule has 0 aliphatic heterocycles. The second kappa shape index (κ2) is 6.35. The van der Waals surface area contributed by atoms with Gasteiger partial charge in [0.2, 0.25) is 11.9 Å². The standard InChI is InChI=1S/C11H13BrN6O2/c1-19-8-4-6(12)3-7(5-8)14-9-15-10(18-13)17-11(16-9)20-2/h3-5H,13H2,1-2H3,(H2,14,15,16,17,18). The van der Waals surface area contributed by atoms with Crippen molar-refractivity contribution in [3.8, 4) is 11.8 Å². The summed E-state index contributed by atoms with van der Waals surface area (Å²) in [5.41, 5.74) is 3.09. The molecule has 20 heavy (non-hydrogen) atoms. The van der Waals surface area contributed by atoms with Gasteiger partial charge in [0.25, 0.3) is 0 Å². The Bertz CT molecular complexity index is 587. The lowest BCUT2D eigenvalue weighted by Crippen LogP contribution is -2.13. The lowest BCUT2D eigenvalue weighted by atomic mass is 10.3. The Morgan fingerprint density at radius 1 is 1.05 bits per heavy atom. The molecule has 0 aliphatic carbocycles. The Morgan fingerprint density at radius 2 is 1.80 bits per heavy atom. The number of ether oxygens (including phenoxy) is 2. The van der Waals surface area contributed by atoms with E-state index in [1.54, 1.807) is 13.2 Å². The predicted molar refractivity (Wildman–Crippen MR) is 78.2 cm³/mol. The number of methoxy groups -OCH3 is 2. The van der Waals surface area contributed by atoms with Gasteiger partial charge in [-0.2, -0.15) is 15.0 Å². The van der Waals surface area contributed by atoms with Crippen molar-refractivity contribution in [1.82, 2.24) is 15.0 Å². The van der Waals surface area contributed by atoms with Crippen LogP contribution >= 0.6 is 15.9 Å². The predicted octanol–water partition coefficient (Wildman–Crippen LogP) is 1.68. The van der Waals surface area contributed by atoms with Crippen LogP contribution in [-0.2, 0) is 0 Å². The summed E-state index contributed by atoms with van der Waals surface area (Å²) in [7, 11) is 3.05. The minimum atomic E-state index is 0.150. The highest BCUT2D eigenvalue weighted by Gasteiger charge is 2.07. The van der Waals surface area contributed by atoms with Gasteiger partial charge in [-0.3, -0.25) is 5.43 Å². The molecule has 0 aliphatic rings. The van der Waals surface area contributed by atoms with Crippen LogP contribution in [0, 0.1) is 0 Å². The molecule has 0 saturated carbocycles. The fourth-order valence-corrected chi connectivity index (χ4v) is 1.92. The molecule has 1 heterocycles. The van der Waals surface area contributed by atoms with E-state index in [-0.39, 0.29) is 12.0 Å². The fourth-order valence-electron chi connectivity index (χ4n) is 1.45. The lowest BCUT2D eigenvalue weighted by Gasteiger charge is -2.09. The van der Waals surface area contributed by atoms with Crippen LogP contribution in [0.15, 0.2) is 22.7 Å². The third-order valence-electron chi connectivity index (χ3n) is 2.29. The van der Waals surface area contributed by atoms with Crippen LogP contribution < -0.4 is 26.1 Å². The second-order valence-electron chi connectivity index (χ2n) is 3.62. The van der Waals surface area contributed by atoms with E-state index in [0.29, 0.717) is 11.7 Å². The molecule has 106 valence electrons. The van der Waals surface area contributed by atoms with Crippen molar-refractivity contribution in [2.24, 2.45) is 5.84 Å². The number of benzene rings is 1. The van der Waals surface area contributed by atoms with E-state index in [1.807, 2.05) is 12.1 Å². The summed E-state index contributed by atoms with van der Waals surface area (Å²) in [4.78, 5) is 12.1. The van der Waals surface area contributed by atoms with Crippen molar-refractivity contribution >= 4 is 33.5 Å². The molecule has 0 fully saturated rings. The van der Waals surface area contributed by atoms with Crippen molar-refractivity contribution in [3.05, 3.63) is 22.7 Å². The van der Waals surface area contributed by atoms with E-state index in [2.05, 4.69) is 41.6 Å². The van der Waals surface area contributed by atoms with Crippen LogP contribution in [0.2, 0.25) is 0 Å². The number of hydrogen-bond acceptors (Lipinski definition) is 8. The Hall–Kier alpha value is -2.13. The zero-order valence-electron chi connectivity index (χ0n) is 10.8. The average molecular weight is 341 g/mol. The third kappa shape index (κ3) is 3.45. The highest BCUT2D eigenvalue weighted by Crippen LogP contribution is 2.26. The van der Waals surface area contributed by atoms with E-state index < -0.39 is 0 Å². The molecule has 2 rings (SSSR count). The van der Waals surface area contributed by atoms with Crippen molar-refractivity contribution in [2.75, 3.05) is 25.0 Å². The first-order valence-corrected chi connectivity index (χ1v) is 6.32. The fraction of sp³-hybridized carbons (Fsp3) is 0.182. The first kappa shape index (κ1) is 14.3. The normalized spacial score (nSPS) is 10.0. The number of hydrazine groups is 1. The molecular weight excluding hydrogens is 328 g/mol. The van der Waals surface area contributed by atoms with E-state index in [1.165, 1.54) is 7.11 Å². The Labute approximate surface area is 123 Å². The van der Waals surface area contributed by atoms with Crippen molar-refractivity contribution < 1.29 is 9.47 Å². The first-order chi connectivity index (χ1) is 9.64. The molecule has 9 heteroatoms. The molecule has 1 aromatic carbocycles. The summed E-state index contributed by atoms with van der Waals surface area (Å²) in [6, 6.07) is 5.65. The van der Waals surface area contributed by atoms with Gasteiger partial charge in [0.1, 0.15) is 5.75 Å². The van der Waals surface area contributed by atoms with Crippen molar-refractivity contribution in [3.63, 3.8) is 0 Å². The van der Waals surface area contributed by atoms with Crippen LogP contribution in [0.3, 0.4) is 0 Å². The van der Waals surface area contributed by atoms with Crippen molar-refractivity contribution in [1.29, 1.82) is 0 Å². The quantitative estimate of drug-likeness (QED) is 0.557. The van der Waals surface area contributed by atoms with Crippen LogP contribution in [0.5, 0.6) is 11.8 Å². The van der Waals surface area contributed by atoms with Gasteiger partial charge in [0, 0.05) is 16.2 Å². The maximum Gasteiger partial charge on any atom is 0.322 e. The lowest BCUT2D eigenvalue weighted by molar-refractivity contribution is 0.379. The molecule has 0 bridgehead atoms. The smallest absolute Gasteiger partial charge is 0.322 e. The van der Waals surface area contributed by atoms with Gasteiger partial charge in [-0.05, 0) is 12.1 Å². The van der Waals surface area contributed by atoms with E-state index >= 15 is 0 Å². The van der Waals surface area contributed by atoms with E-state index in [0.717, 1.165) is 10.2 Å². The highest BCUT2D eigenvalue weighted by atomic mass is 79.9. The average Bonchev–Trinajstić information content (AvgIpc) is 2.46. The molecule has 4 N–H and O–H groups in total. The Balaban J connectivity index is 2.31. The Morgan fingerprint density at radius 3 is 2.45 bits per heavy atom. The Kier molecular flexibility index (Phi) is 4.53. The number of nitrogen functional groups attached to an aromatic ring is 1. The largest absolute Gasteiger partial charge is 0.497 e. The molecule has 0 radical (unpaired) electrons. The summed E-state index contributed by atoms with van der Waals surface area (Å²) < 4.78 is 11.0. The van der Waals surface area contributed by atoms with Gasteiger partial charge in [-0.25, -0.2) is 5.84 Å². The van der Waals surface area contributed by atoms with Gasteiger partial charge < -0.3 is 14.8 Å². The number of aromatic nitrogens is 3. The van der Waals surface area contributed by atoms with Gasteiger partial charge >= 0.3 is 6.01 Å². The number of nitrogens with one attached hydrogen (secondary N) is 2. The zero-order chi connectivity index (χ0) is 14.5. The van der Waals surface area contributed by atoms with Gasteiger partial charge in [0.05, 0.1) is 14.2 Å². The van der Waals surface area contributed by atoms with Crippen LogP contribution in [0.1, 0.15) is 0 Å². The molecular formula is C11H13BrN6O2. The topological polar surface area (TPSA) is 107 Å². The number of halogens is 1. The van der Waals surface area contributed by atoms with Crippen molar-refractivity contribution in [2.45, 2.75) is 0 Å². The first-order valence-electron chi connectivity index (χ1n) is 5.53.